The molecule has 0 aromatic rings. The van der Waals surface area contributed by atoms with Crippen LogP contribution in [0.4, 0.5) is 0 Å². The summed E-state index contributed by atoms with van der Waals surface area (Å²) in [6.45, 7) is 5.06. The van der Waals surface area contributed by atoms with Crippen LogP contribution in [0.25, 0.3) is 0 Å². The van der Waals surface area contributed by atoms with E-state index in [-0.39, 0.29) is 32.0 Å². The monoisotopic (exact) mass is 401 g/mol. The molecule has 28 heavy (non-hydrogen) atoms. The van der Waals surface area contributed by atoms with Gasteiger partial charge in [-0.05, 0) is 6.92 Å². The number of nitrogens with zero attached hydrogens (tertiary/aromatic N) is 4. The summed E-state index contributed by atoms with van der Waals surface area (Å²) in [4.78, 5) is 52.4. The predicted molar refractivity (Wildman–Crippen MR) is 101 cm³/mol. The number of amides is 1. The number of Topliss-reactive ketones (excluding diaryl/α,β-unsaturated/α-hetero) is 1. The van der Waals surface area contributed by atoms with Gasteiger partial charge in [-0.2, -0.15) is 0 Å². The molecular formula is C17H31N5O6. The molecule has 1 fully saturated rings. The summed E-state index contributed by atoms with van der Waals surface area (Å²) in [6.07, 6.45) is 0. The van der Waals surface area contributed by atoms with Gasteiger partial charge in [0.25, 0.3) is 0 Å². The first-order valence-electron chi connectivity index (χ1n) is 9.26. The third-order valence-electron chi connectivity index (χ3n) is 4.47. The summed E-state index contributed by atoms with van der Waals surface area (Å²) in [5, 5.41) is 18.3. The van der Waals surface area contributed by atoms with Gasteiger partial charge in [-0.3, -0.25) is 38.8 Å². The predicted octanol–water partition coefficient (Wildman–Crippen LogP) is -2.55. The molecule has 1 saturated heterocycles. The summed E-state index contributed by atoms with van der Waals surface area (Å²) in [5.74, 6) is -2.39. The van der Waals surface area contributed by atoms with Gasteiger partial charge >= 0.3 is 11.9 Å². The lowest BCUT2D eigenvalue weighted by Gasteiger charge is -2.32. The van der Waals surface area contributed by atoms with Gasteiger partial charge in [0.1, 0.15) is 5.78 Å². The van der Waals surface area contributed by atoms with Crippen LogP contribution in [0.1, 0.15) is 6.92 Å². The fourth-order valence-electron chi connectivity index (χ4n) is 3.13. The Hall–Kier alpha value is -2.08. The molecule has 0 aromatic heterocycles. The molecule has 11 heteroatoms. The van der Waals surface area contributed by atoms with Gasteiger partial charge in [0, 0.05) is 52.4 Å². The van der Waals surface area contributed by atoms with Crippen LogP contribution in [0, 0.1) is 0 Å². The largest absolute Gasteiger partial charge is 0.480 e. The Morgan fingerprint density at radius 2 is 0.929 bits per heavy atom. The molecule has 0 spiro atoms. The highest BCUT2D eigenvalue weighted by atomic mass is 16.4. The number of ketones is 1. The van der Waals surface area contributed by atoms with E-state index in [0.29, 0.717) is 52.4 Å². The van der Waals surface area contributed by atoms with Crippen LogP contribution >= 0.6 is 0 Å². The van der Waals surface area contributed by atoms with Gasteiger partial charge in [-0.15, -0.1) is 0 Å². The van der Waals surface area contributed by atoms with E-state index in [0.717, 1.165) is 0 Å². The van der Waals surface area contributed by atoms with Crippen molar-refractivity contribution in [2.24, 2.45) is 5.73 Å². The first-order chi connectivity index (χ1) is 13.2. The maximum absolute atomic E-state index is 11.5. The van der Waals surface area contributed by atoms with E-state index in [1.54, 1.807) is 14.7 Å². The van der Waals surface area contributed by atoms with E-state index in [4.69, 9.17) is 15.9 Å². The van der Waals surface area contributed by atoms with Crippen molar-refractivity contribution in [3.63, 3.8) is 0 Å². The average molecular weight is 401 g/mol. The van der Waals surface area contributed by atoms with E-state index in [2.05, 4.69) is 0 Å². The van der Waals surface area contributed by atoms with Crippen molar-refractivity contribution in [1.82, 2.24) is 19.6 Å². The number of hydrogen-bond donors (Lipinski definition) is 3. The molecular weight excluding hydrogens is 370 g/mol. The van der Waals surface area contributed by atoms with Crippen molar-refractivity contribution < 1.29 is 29.4 Å². The van der Waals surface area contributed by atoms with Crippen molar-refractivity contribution in [2.75, 3.05) is 78.5 Å². The number of hydrogen-bond acceptors (Lipinski definition) is 8. The molecule has 0 aliphatic carbocycles. The maximum Gasteiger partial charge on any atom is 0.317 e. The molecule has 1 rings (SSSR count). The molecule has 1 amide bonds. The fraction of sp³-hybridized carbons (Fsp3) is 0.765. The third-order valence-corrected chi connectivity index (χ3v) is 4.47. The Labute approximate surface area is 164 Å². The molecule has 0 unspecified atom stereocenters. The van der Waals surface area contributed by atoms with Gasteiger partial charge in [0.15, 0.2) is 0 Å². The molecule has 1 heterocycles. The summed E-state index contributed by atoms with van der Waals surface area (Å²) < 4.78 is 0. The van der Waals surface area contributed by atoms with Crippen LogP contribution in [0.2, 0.25) is 0 Å². The smallest absolute Gasteiger partial charge is 0.317 e. The minimum absolute atomic E-state index is 0.00528. The van der Waals surface area contributed by atoms with E-state index < -0.39 is 17.8 Å². The van der Waals surface area contributed by atoms with Gasteiger partial charge in [-0.25, -0.2) is 0 Å². The lowest BCUT2D eigenvalue weighted by molar-refractivity contribution is -0.139. The minimum Gasteiger partial charge on any atom is -0.480 e. The van der Waals surface area contributed by atoms with Crippen molar-refractivity contribution in [3.05, 3.63) is 0 Å². The van der Waals surface area contributed by atoms with E-state index in [1.165, 1.54) is 6.92 Å². The highest BCUT2D eigenvalue weighted by Crippen LogP contribution is 2.01. The van der Waals surface area contributed by atoms with Gasteiger partial charge in [0.05, 0.1) is 26.2 Å². The third kappa shape index (κ3) is 10.9. The Balaban J connectivity index is 2.90. The van der Waals surface area contributed by atoms with Gasteiger partial charge in [0.2, 0.25) is 5.91 Å². The Morgan fingerprint density at radius 3 is 1.18 bits per heavy atom. The summed E-state index contributed by atoms with van der Waals surface area (Å²) in [7, 11) is 0. The van der Waals surface area contributed by atoms with Gasteiger partial charge in [-0.1, -0.05) is 0 Å². The molecule has 0 atom stereocenters. The van der Waals surface area contributed by atoms with Crippen molar-refractivity contribution in [2.45, 2.75) is 6.92 Å². The highest BCUT2D eigenvalue weighted by molar-refractivity contribution is 5.77. The van der Waals surface area contributed by atoms with Crippen molar-refractivity contribution in [1.29, 1.82) is 0 Å². The van der Waals surface area contributed by atoms with Crippen LogP contribution in [0.5, 0.6) is 0 Å². The number of carboxylic acids is 2. The Bertz CT molecular complexity index is 446. The fourth-order valence-corrected chi connectivity index (χ4v) is 3.13. The normalized spacial score (nSPS) is 19.5. The number of carbonyl (C=O) groups excluding carboxylic acids is 2. The second-order valence-corrected chi connectivity index (χ2v) is 7.06. The number of primary amides is 1. The molecule has 11 nitrogen and oxygen atoms in total. The standard InChI is InChI=1S/C17H31N5O6/c1-14(23)10-19-2-6-21(12-16(25)26)8-4-20(11-15(18)24)5-9-22(7-3-19)13-17(27)28/h2-13H2,1H3,(H2,18,24)(H,25,26)(H,27,28). The zero-order valence-corrected chi connectivity index (χ0v) is 16.4. The number of rotatable bonds is 8. The number of carbonyl (C=O) groups is 4. The molecule has 4 N–H and O–H groups in total. The highest BCUT2D eigenvalue weighted by Gasteiger charge is 2.20. The summed E-state index contributed by atoms with van der Waals surface area (Å²) in [6, 6.07) is 0. The minimum atomic E-state index is -0.945. The molecule has 160 valence electrons. The first kappa shape index (κ1) is 24.0. The summed E-state index contributed by atoms with van der Waals surface area (Å²) >= 11 is 0. The van der Waals surface area contributed by atoms with Crippen LogP contribution in [-0.4, -0.2) is 132 Å². The van der Waals surface area contributed by atoms with Crippen molar-refractivity contribution in [3.8, 4) is 0 Å². The van der Waals surface area contributed by atoms with Crippen LogP contribution in [0.3, 0.4) is 0 Å². The topological polar surface area (TPSA) is 148 Å². The number of nitrogens with two attached hydrogens (primary N) is 1. The zero-order valence-electron chi connectivity index (χ0n) is 16.4. The average Bonchev–Trinajstić information content (AvgIpc) is 2.55. The lowest BCUT2D eigenvalue weighted by Crippen LogP contribution is -2.49. The Morgan fingerprint density at radius 1 is 0.643 bits per heavy atom. The van der Waals surface area contributed by atoms with Crippen LogP contribution in [-0.2, 0) is 19.2 Å². The number of aliphatic carboxylic acids is 2. The zero-order chi connectivity index (χ0) is 21.1. The lowest BCUT2D eigenvalue weighted by atomic mass is 10.3. The second-order valence-electron chi connectivity index (χ2n) is 7.06. The second kappa shape index (κ2) is 12.4. The summed E-state index contributed by atoms with van der Waals surface area (Å²) in [5.41, 5.74) is 5.30. The van der Waals surface area contributed by atoms with Crippen molar-refractivity contribution >= 4 is 23.6 Å². The van der Waals surface area contributed by atoms with E-state index in [9.17, 15) is 19.2 Å². The molecule has 0 radical (unpaired) electrons. The maximum atomic E-state index is 11.5. The van der Waals surface area contributed by atoms with Crippen LogP contribution < -0.4 is 5.73 Å². The van der Waals surface area contributed by atoms with E-state index >= 15 is 0 Å². The molecule has 0 aromatic carbocycles. The molecule has 1 aliphatic rings. The molecule has 1 aliphatic heterocycles. The number of carboxylic acid groups (broad SMARTS) is 2. The SMILES string of the molecule is CC(=O)CN1CCN(CC(=O)O)CCN(CC(N)=O)CCN(CC(=O)O)CC1. The first-order valence-corrected chi connectivity index (χ1v) is 9.26. The Kier molecular flexibility index (Phi) is 10.6. The molecule has 0 bridgehead atoms. The van der Waals surface area contributed by atoms with Crippen LogP contribution in [0.15, 0.2) is 0 Å². The quantitative estimate of drug-likeness (QED) is 0.397. The molecule has 0 saturated carbocycles. The van der Waals surface area contributed by atoms with Gasteiger partial charge < -0.3 is 15.9 Å². The van der Waals surface area contributed by atoms with E-state index in [1.807, 2.05) is 4.90 Å².